The number of unbranched alkanes of at least 4 members (excludes halogenated alkanes) is 1. The van der Waals surface area contributed by atoms with Crippen LogP contribution in [0.2, 0.25) is 0 Å². The average molecular weight is 221 g/mol. The number of hydrogen-bond acceptors (Lipinski definition) is 3. The molecule has 1 aromatic heterocycles. The van der Waals surface area contributed by atoms with Crippen molar-refractivity contribution in [2.75, 3.05) is 18.4 Å². The number of pyridine rings is 1. The van der Waals surface area contributed by atoms with Crippen molar-refractivity contribution in [2.45, 2.75) is 39.0 Å². The molecule has 3 nitrogen and oxygen atoms in total. The van der Waals surface area contributed by atoms with Gasteiger partial charge in [-0.1, -0.05) is 20.8 Å². The number of anilines is 1. The first kappa shape index (κ1) is 13.0. The first-order chi connectivity index (χ1) is 7.54. The number of nitrogens with one attached hydrogen (secondary N) is 1. The van der Waals surface area contributed by atoms with Crippen molar-refractivity contribution in [2.24, 2.45) is 5.73 Å². The third-order valence-corrected chi connectivity index (χ3v) is 2.56. The molecule has 1 aromatic rings. The zero-order valence-electron chi connectivity index (χ0n) is 10.6. The number of nitrogens with two attached hydrogens (primary N) is 1. The summed E-state index contributed by atoms with van der Waals surface area (Å²) < 4.78 is 0. The summed E-state index contributed by atoms with van der Waals surface area (Å²) in [7, 11) is 0. The van der Waals surface area contributed by atoms with Crippen LogP contribution in [0.1, 0.15) is 39.2 Å². The molecular formula is C13H23N3. The van der Waals surface area contributed by atoms with Crippen LogP contribution in [0.4, 0.5) is 5.82 Å². The second-order valence-electron chi connectivity index (χ2n) is 5.10. The normalized spacial score (nSPS) is 11.5. The molecule has 0 saturated carbocycles. The van der Waals surface area contributed by atoms with Gasteiger partial charge in [0.15, 0.2) is 0 Å². The average Bonchev–Trinajstić information content (AvgIpc) is 2.24. The van der Waals surface area contributed by atoms with Gasteiger partial charge < -0.3 is 11.1 Å². The van der Waals surface area contributed by atoms with Gasteiger partial charge in [0, 0.05) is 12.7 Å². The largest absolute Gasteiger partial charge is 0.370 e. The first-order valence-electron chi connectivity index (χ1n) is 5.94. The summed E-state index contributed by atoms with van der Waals surface area (Å²) in [5.74, 6) is 0.962. The summed E-state index contributed by atoms with van der Waals surface area (Å²) >= 11 is 0. The topological polar surface area (TPSA) is 50.9 Å². The SMILES string of the molecule is CC(C)(C)c1ccnc(NCCCCN)c1. The lowest BCUT2D eigenvalue weighted by Gasteiger charge is -2.19. The van der Waals surface area contributed by atoms with E-state index in [0.29, 0.717) is 0 Å². The van der Waals surface area contributed by atoms with Crippen LogP contribution in [0.25, 0.3) is 0 Å². The molecule has 90 valence electrons. The maximum absolute atomic E-state index is 5.45. The van der Waals surface area contributed by atoms with Gasteiger partial charge in [-0.2, -0.15) is 0 Å². The highest BCUT2D eigenvalue weighted by Crippen LogP contribution is 2.23. The maximum Gasteiger partial charge on any atom is 0.126 e. The molecule has 16 heavy (non-hydrogen) atoms. The van der Waals surface area contributed by atoms with Gasteiger partial charge in [-0.15, -0.1) is 0 Å². The van der Waals surface area contributed by atoms with Crippen LogP contribution in [0, 0.1) is 0 Å². The van der Waals surface area contributed by atoms with Crippen LogP contribution in [-0.2, 0) is 5.41 Å². The predicted octanol–water partition coefficient (Wildman–Crippen LogP) is 2.53. The smallest absolute Gasteiger partial charge is 0.126 e. The lowest BCUT2D eigenvalue weighted by atomic mass is 9.88. The fraction of sp³-hybridized carbons (Fsp3) is 0.615. The summed E-state index contributed by atoms with van der Waals surface area (Å²) in [6, 6.07) is 4.20. The molecule has 0 aliphatic rings. The molecule has 0 bridgehead atoms. The molecule has 0 fully saturated rings. The van der Waals surface area contributed by atoms with Gasteiger partial charge >= 0.3 is 0 Å². The van der Waals surface area contributed by atoms with Crippen molar-refractivity contribution in [3.8, 4) is 0 Å². The number of aromatic nitrogens is 1. The van der Waals surface area contributed by atoms with Crippen molar-refractivity contribution < 1.29 is 0 Å². The van der Waals surface area contributed by atoms with Gasteiger partial charge in [-0.3, -0.25) is 0 Å². The fourth-order valence-corrected chi connectivity index (χ4v) is 1.48. The molecule has 0 unspecified atom stereocenters. The van der Waals surface area contributed by atoms with Crippen molar-refractivity contribution in [3.63, 3.8) is 0 Å². The van der Waals surface area contributed by atoms with Crippen molar-refractivity contribution in [1.29, 1.82) is 0 Å². The Morgan fingerprint density at radius 2 is 2.06 bits per heavy atom. The molecule has 0 aliphatic heterocycles. The molecule has 3 heteroatoms. The van der Waals surface area contributed by atoms with Crippen LogP contribution >= 0.6 is 0 Å². The van der Waals surface area contributed by atoms with E-state index in [-0.39, 0.29) is 5.41 Å². The van der Waals surface area contributed by atoms with E-state index in [2.05, 4.69) is 43.2 Å². The minimum atomic E-state index is 0.177. The highest BCUT2D eigenvalue weighted by molar-refractivity contribution is 5.39. The third kappa shape index (κ3) is 4.19. The summed E-state index contributed by atoms with van der Waals surface area (Å²) in [4.78, 5) is 4.31. The molecule has 1 rings (SSSR count). The Hall–Kier alpha value is -1.09. The van der Waals surface area contributed by atoms with Gasteiger partial charge in [0.05, 0.1) is 0 Å². The molecule has 0 saturated heterocycles. The van der Waals surface area contributed by atoms with Crippen molar-refractivity contribution >= 4 is 5.82 Å². The molecule has 1 heterocycles. The fourth-order valence-electron chi connectivity index (χ4n) is 1.48. The van der Waals surface area contributed by atoms with E-state index in [1.54, 1.807) is 0 Å². The minimum absolute atomic E-state index is 0.177. The van der Waals surface area contributed by atoms with E-state index >= 15 is 0 Å². The van der Waals surface area contributed by atoms with Crippen LogP contribution in [0.3, 0.4) is 0 Å². The van der Waals surface area contributed by atoms with E-state index in [0.717, 1.165) is 31.7 Å². The Morgan fingerprint density at radius 1 is 1.31 bits per heavy atom. The number of hydrogen-bond donors (Lipinski definition) is 2. The van der Waals surface area contributed by atoms with Gasteiger partial charge in [-0.25, -0.2) is 4.98 Å². The van der Waals surface area contributed by atoms with Crippen LogP contribution in [-0.4, -0.2) is 18.1 Å². The molecule has 0 amide bonds. The van der Waals surface area contributed by atoms with E-state index in [9.17, 15) is 0 Å². The number of nitrogens with zero attached hydrogens (tertiary/aromatic N) is 1. The molecular weight excluding hydrogens is 198 g/mol. The van der Waals surface area contributed by atoms with Crippen LogP contribution in [0.5, 0.6) is 0 Å². The monoisotopic (exact) mass is 221 g/mol. The van der Waals surface area contributed by atoms with Gasteiger partial charge in [0.2, 0.25) is 0 Å². The zero-order valence-corrected chi connectivity index (χ0v) is 10.6. The number of rotatable bonds is 5. The van der Waals surface area contributed by atoms with E-state index < -0.39 is 0 Å². The molecule has 0 spiro atoms. The van der Waals surface area contributed by atoms with Crippen molar-refractivity contribution in [3.05, 3.63) is 23.9 Å². The Kier molecular flexibility index (Phi) is 4.74. The molecule has 3 N–H and O–H groups in total. The first-order valence-corrected chi connectivity index (χ1v) is 5.94. The lowest BCUT2D eigenvalue weighted by Crippen LogP contribution is -2.12. The van der Waals surface area contributed by atoms with Gasteiger partial charge in [0.1, 0.15) is 5.82 Å². The van der Waals surface area contributed by atoms with E-state index in [1.165, 1.54) is 5.56 Å². The molecule has 0 radical (unpaired) electrons. The second-order valence-corrected chi connectivity index (χ2v) is 5.10. The minimum Gasteiger partial charge on any atom is -0.370 e. The molecule has 0 atom stereocenters. The summed E-state index contributed by atoms with van der Waals surface area (Å²) in [5.41, 5.74) is 6.93. The molecule has 0 aromatic carbocycles. The Bertz CT molecular complexity index is 315. The van der Waals surface area contributed by atoms with E-state index in [4.69, 9.17) is 5.73 Å². The Balaban J connectivity index is 2.54. The lowest BCUT2D eigenvalue weighted by molar-refractivity contribution is 0.589. The maximum atomic E-state index is 5.45. The highest BCUT2D eigenvalue weighted by atomic mass is 15.0. The predicted molar refractivity (Wildman–Crippen MR) is 69.7 cm³/mol. The summed E-state index contributed by atoms with van der Waals surface area (Å²) in [5, 5.41) is 3.33. The molecule has 0 aliphatic carbocycles. The standard InChI is InChI=1S/C13H23N3/c1-13(2,3)11-6-9-16-12(10-11)15-8-5-4-7-14/h6,9-10H,4-5,7-8,14H2,1-3H3,(H,15,16). The van der Waals surface area contributed by atoms with Crippen molar-refractivity contribution in [1.82, 2.24) is 4.98 Å². The van der Waals surface area contributed by atoms with E-state index in [1.807, 2.05) is 6.20 Å². The second kappa shape index (κ2) is 5.85. The zero-order chi connectivity index (χ0) is 12.0. The Morgan fingerprint density at radius 3 is 2.69 bits per heavy atom. The summed E-state index contributed by atoms with van der Waals surface area (Å²) in [6.45, 7) is 8.33. The van der Waals surface area contributed by atoms with Gasteiger partial charge in [0.25, 0.3) is 0 Å². The Labute approximate surface area is 98.5 Å². The van der Waals surface area contributed by atoms with Crippen LogP contribution < -0.4 is 11.1 Å². The summed E-state index contributed by atoms with van der Waals surface area (Å²) in [6.07, 6.45) is 4.02. The van der Waals surface area contributed by atoms with Crippen LogP contribution in [0.15, 0.2) is 18.3 Å². The highest BCUT2D eigenvalue weighted by Gasteiger charge is 2.13. The quantitative estimate of drug-likeness (QED) is 0.751. The third-order valence-electron chi connectivity index (χ3n) is 2.56. The van der Waals surface area contributed by atoms with Gasteiger partial charge in [-0.05, 0) is 42.5 Å².